The molecular formula is C42H36Cl2N2SiZr-4. The van der Waals surface area contributed by atoms with Gasteiger partial charge in [0, 0.05) is 12.4 Å². The molecule has 0 atom stereocenters. The van der Waals surface area contributed by atoms with Crippen molar-refractivity contribution in [2.75, 3.05) is 0 Å². The van der Waals surface area contributed by atoms with Crippen molar-refractivity contribution in [2.45, 2.75) is 0 Å². The van der Waals surface area contributed by atoms with Gasteiger partial charge in [0.1, 0.15) is 0 Å². The van der Waals surface area contributed by atoms with Gasteiger partial charge in [0.15, 0.2) is 0 Å². The van der Waals surface area contributed by atoms with Gasteiger partial charge in [-0.05, 0) is 35.4 Å². The van der Waals surface area contributed by atoms with Gasteiger partial charge in [0.2, 0.25) is 0 Å². The smallest absolute Gasteiger partial charge is 0.0627 e. The zero-order valence-electron chi connectivity index (χ0n) is 26.9. The molecule has 8 rings (SSSR count). The summed E-state index contributed by atoms with van der Waals surface area (Å²) in [5.41, 5.74) is 9.44. The summed E-state index contributed by atoms with van der Waals surface area (Å²) in [6.07, 6.45) is 3.68. The molecule has 0 aliphatic carbocycles. The van der Waals surface area contributed by atoms with Crippen LogP contribution < -0.4 is 0 Å². The molecule has 48 heavy (non-hydrogen) atoms. The molecule has 0 unspecified atom stereocenters. The second-order valence-corrected chi connectivity index (χ2v) is 10.3. The Morgan fingerprint density at radius 3 is 1.17 bits per heavy atom. The van der Waals surface area contributed by atoms with Crippen molar-refractivity contribution < 1.29 is 23.3 Å². The van der Waals surface area contributed by atoms with Crippen molar-refractivity contribution in [3.63, 3.8) is 0 Å². The molecule has 0 amide bonds. The van der Waals surface area contributed by atoms with Gasteiger partial charge in [-0.1, -0.05) is 108 Å². The summed E-state index contributed by atoms with van der Waals surface area (Å²) in [5, 5.41) is 5.04. The molecule has 0 saturated heterocycles. The molecule has 0 aliphatic rings. The largest absolute Gasteiger partial charge is 0.257 e. The molecule has 0 aliphatic heterocycles. The Labute approximate surface area is 314 Å². The molecule has 0 spiro atoms. The van der Waals surface area contributed by atoms with Gasteiger partial charge < -0.3 is 14.9 Å². The van der Waals surface area contributed by atoms with Crippen LogP contribution in [0.25, 0.3) is 66.3 Å². The molecule has 2 nitrogen and oxygen atoms in total. The normalized spacial score (nSPS) is 9.56. The maximum Gasteiger partial charge on any atom is 0.0627 e. The predicted molar refractivity (Wildman–Crippen MR) is 209 cm³/mol. The Hall–Kier alpha value is -3.92. The zero-order valence-corrected chi connectivity index (χ0v) is 32.0. The van der Waals surface area contributed by atoms with E-state index in [9.17, 15) is 0 Å². The van der Waals surface area contributed by atoms with E-state index in [4.69, 9.17) is 0 Å². The minimum atomic E-state index is 0. The molecule has 0 N–H and O–H groups in total. The maximum absolute atomic E-state index is 4.48. The maximum atomic E-state index is 4.48. The number of aromatic nitrogens is 2. The van der Waals surface area contributed by atoms with E-state index in [-0.39, 0.29) is 39.7 Å². The molecule has 2 aromatic heterocycles. The van der Waals surface area contributed by atoms with Crippen molar-refractivity contribution in [2.24, 2.45) is 0 Å². The van der Waals surface area contributed by atoms with Crippen molar-refractivity contribution in [3.8, 4) is 44.8 Å². The van der Waals surface area contributed by atoms with Gasteiger partial charge in [-0.3, -0.25) is 9.97 Å². The minimum Gasteiger partial charge on any atom is -0.257 e. The number of pyridine rings is 2. The van der Waals surface area contributed by atoms with E-state index in [2.05, 4.69) is 138 Å². The first-order valence-corrected chi connectivity index (χ1v) is 18.6. The Morgan fingerprint density at radius 1 is 0.438 bits per heavy atom. The van der Waals surface area contributed by atoms with Crippen LogP contribution in [0.1, 0.15) is 0 Å². The van der Waals surface area contributed by atoms with Crippen LogP contribution >= 0.6 is 24.8 Å². The fraction of sp³-hybridized carbons (Fsp3) is 0. The van der Waals surface area contributed by atoms with E-state index in [1.54, 1.807) is 0 Å². The first-order valence-electron chi connectivity index (χ1n) is 14.4. The third-order valence-electron chi connectivity index (χ3n) is 7.60. The molecule has 8 aromatic rings. The SMILES string of the molecule is Cl.Cl.[CH3-].[CH3-].[Si]=[Zr].c1ccc(-c2cc3c(-c4ccccn4)cccc3[cH-]2)cc1.c1ccc(-c2cc3c(-c4ccccn4)cccc3[cH-]2)cc1. The number of halogens is 2. The molecule has 6 heteroatoms. The number of nitrogens with zero attached hydrogens (tertiary/aromatic N) is 2. The van der Waals surface area contributed by atoms with E-state index in [1.165, 1.54) is 78.3 Å². The molecule has 6 aromatic carbocycles. The predicted octanol–water partition coefficient (Wildman–Crippen LogP) is 11.9. The van der Waals surface area contributed by atoms with E-state index < -0.39 is 0 Å². The van der Waals surface area contributed by atoms with Crippen LogP contribution in [0.5, 0.6) is 0 Å². The molecule has 2 heterocycles. The van der Waals surface area contributed by atoms with Gasteiger partial charge in [-0.15, -0.1) is 93.9 Å². The molecule has 0 saturated carbocycles. The monoisotopic (exact) mass is 756 g/mol. The van der Waals surface area contributed by atoms with E-state index in [1.807, 2.05) is 48.8 Å². The fourth-order valence-corrected chi connectivity index (χ4v) is 5.55. The van der Waals surface area contributed by atoms with Crippen LogP contribution in [0.15, 0.2) is 170 Å². The summed E-state index contributed by atoms with van der Waals surface area (Å²) >= 11 is 1.36. The first-order chi connectivity index (χ1) is 21.8. The standard InChI is InChI=1S/2C20H14N.2CH3.2ClH.Si.Zr/c2*1-2-7-15(8-3-1)17-13-16-9-6-10-18(19(16)14-17)20-11-4-5-12-21-20;;;;;;/h2*1-14H;2*1H3;2*1H;;/q4*-1;;;;. The topological polar surface area (TPSA) is 25.8 Å². The van der Waals surface area contributed by atoms with Gasteiger partial charge in [0.05, 0.1) is 11.4 Å². The molecule has 240 valence electrons. The van der Waals surface area contributed by atoms with Crippen LogP contribution in [0.4, 0.5) is 0 Å². The van der Waals surface area contributed by atoms with E-state index in [0.717, 1.165) is 11.4 Å². The van der Waals surface area contributed by atoms with Crippen LogP contribution in [-0.2, 0) is 23.3 Å². The summed E-state index contributed by atoms with van der Waals surface area (Å²) in [4.78, 5) is 8.96. The summed E-state index contributed by atoms with van der Waals surface area (Å²) < 4.78 is 0. The van der Waals surface area contributed by atoms with Crippen molar-refractivity contribution >= 4 is 53.2 Å². The third-order valence-corrected chi connectivity index (χ3v) is 7.60. The molecule has 2 radical (unpaired) electrons. The van der Waals surface area contributed by atoms with Gasteiger partial charge in [-0.25, -0.2) is 0 Å². The van der Waals surface area contributed by atoms with Crippen molar-refractivity contribution in [1.29, 1.82) is 0 Å². The first kappa shape index (κ1) is 40.3. The van der Waals surface area contributed by atoms with Gasteiger partial charge >= 0.3 is 30.2 Å². The van der Waals surface area contributed by atoms with Gasteiger partial charge in [0.25, 0.3) is 0 Å². The second kappa shape index (κ2) is 19.8. The third kappa shape index (κ3) is 9.15. The summed E-state index contributed by atoms with van der Waals surface area (Å²) in [6.45, 7) is 3.06. The number of rotatable bonds is 4. The Bertz CT molecular complexity index is 1940. The zero-order chi connectivity index (χ0) is 30.1. The number of hydrogen-bond donors (Lipinski definition) is 0. The summed E-state index contributed by atoms with van der Waals surface area (Å²) in [6, 6.07) is 54.9. The minimum absolute atomic E-state index is 0. The fourth-order valence-electron chi connectivity index (χ4n) is 5.55. The Kier molecular flexibility index (Phi) is 16.6. The average Bonchev–Trinajstić information content (AvgIpc) is 3.76. The number of fused-ring (bicyclic) bond motifs is 2. The quantitative estimate of drug-likeness (QED) is 0.132. The molecule has 0 fully saturated rings. The Morgan fingerprint density at radius 2 is 0.812 bits per heavy atom. The van der Waals surface area contributed by atoms with Crippen LogP contribution in [0.2, 0.25) is 0 Å². The van der Waals surface area contributed by atoms with E-state index in [0.29, 0.717) is 0 Å². The van der Waals surface area contributed by atoms with Crippen molar-refractivity contribution in [1.82, 2.24) is 9.97 Å². The van der Waals surface area contributed by atoms with E-state index >= 15 is 0 Å². The Balaban J connectivity index is 0.000000294. The second-order valence-electron chi connectivity index (χ2n) is 10.3. The van der Waals surface area contributed by atoms with Crippen LogP contribution in [-0.4, -0.2) is 16.8 Å². The molecular weight excluding hydrogens is 723 g/mol. The van der Waals surface area contributed by atoms with Gasteiger partial charge in [-0.2, -0.15) is 0 Å². The summed E-state index contributed by atoms with van der Waals surface area (Å²) in [5.74, 6) is 0. The number of benzene rings is 4. The number of hydrogen-bond acceptors (Lipinski definition) is 2. The average molecular weight is 759 g/mol. The van der Waals surface area contributed by atoms with Crippen LogP contribution in [0.3, 0.4) is 0 Å². The molecule has 0 bridgehead atoms. The van der Waals surface area contributed by atoms with Crippen LogP contribution in [0, 0.1) is 14.9 Å². The summed E-state index contributed by atoms with van der Waals surface area (Å²) in [7, 11) is 0. The van der Waals surface area contributed by atoms with Crippen molar-refractivity contribution in [3.05, 3.63) is 185 Å².